The lowest BCUT2D eigenvalue weighted by atomic mass is 10.2. The average molecular weight is 344 g/mol. The first-order valence-corrected chi connectivity index (χ1v) is 7.11. The number of likely N-dealkylation sites (N-methyl/N-ethyl adjacent to an activating group) is 1. The van der Waals surface area contributed by atoms with E-state index in [1.165, 1.54) is 12.0 Å². The highest BCUT2D eigenvalue weighted by atomic mass is 79.9. The summed E-state index contributed by atoms with van der Waals surface area (Å²) in [6, 6.07) is 5.13. The zero-order chi connectivity index (χ0) is 15.1. The molecule has 0 heterocycles. The highest BCUT2D eigenvalue weighted by molar-refractivity contribution is 9.10. The number of methoxy groups -OCH3 is 1. The molecule has 0 aliphatic carbocycles. The summed E-state index contributed by atoms with van der Waals surface area (Å²) in [5, 5.41) is 0. The summed E-state index contributed by atoms with van der Waals surface area (Å²) in [6.07, 6.45) is 0. The summed E-state index contributed by atoms with van der Waals surface area (Å²) in [5.41, 5.74) is 0.454. The third kappa shape index (κ3) is 4.23. The number of halogens is 1. The van der Waals surface area contributed by atoms with Crippen molar-refractivity contribution in [2.45, 2.75) is 13.8 Å². The molecule has 0 saturated carbocycles. The highest BCUT2D eigenvalue weighted by Gasteiger charge is 2.20. The molecule has 6 heteroatoms. The lowest BCUT2D eigenvalue weighted by molar-refractivity contribution is -0.143. The molecule has 1 aromatic carbocycles. The van der Waals surface area contributed by atoms with Crippen LogP contribution in [0.2, 0.25) is 0 Å². The summed E-state index contributed by atoms with van der Waals surface area (Å²) in [5.74, 6) is -0.0724. The second kappa shape index (κ2) is 7.89. The second-order valence-electron chi connectivity index (χ2n) is 3.97. The van der Waals surface area contributed by atoms with Gasteiger partial charge in [-0.3, -0.25) is 9.59 Å². The minimum Gasteiger partial charge on any atom is -0.497 e. The summed E-state index contributed by atoms with van der Waals surface area (Å²) >= 11 is 3.34. The molecular weight excluding hydrogens is 326 g/mol. The van der Waals surface area contributed by atoms with Crippen LogP contribution >= 0.6 is 15.9 Å². The molecular formula is C14H18BrNO4. The van der Waals surface area contributed by atoms with Gasteiger partial charge in [-0.15, -0.1) is 0 Å². The van der Waals surface area contributed by atoms with Gasteiger partial charge in [0.2, 0.25) is 0 Å². The number of amides is 1. The lowest BCUT2D eigenvalue weighted by Crippen LogP contribution is -2.36. The van der Waals surface area contributed by atoms with Crippen LogP contribution in [0.25, 0.3) is 0 Å². The van der Waals surface area contributed by atoms with E-state index in [1.807, 2.05) is 6.92 Å². The van der Waals surface area contributed by atoms with E-state index in [-0.39, 0.29) is 12.5 Å². The van der Waals surface area contributed by atoms with Gasteiger partial charge in [-0.2, -0.15) is 0 Å². The van der Waals surface area contributed by atoms with E-state index in [2.05, 4.69) is 15.9 Å². The van der Waals surface area contributed by atoms with Gasteiger partial charge in [-0.05, 0) is 48.0 Å². The monoisotopic (exact) mass is 343 g/mol. The number of benzene rings is 1. The second-order valence-corrected chi connectivity index (χ2v) is 4.82. The van der Waals surface area contributed by atoms with Crippen LogP contribution in [0, 0.1) is 0 Å². The van der Waals surface area contributed by atoms with Crippen molar-refractivity contribution < 1.29 is 19.1 Å². The molecule has 1 rings (SSSR count). The molecule has 0 aliphatic heterocycles. The molecule has 0 N–H and O–H groups in total. The number of nitrogens with zero attached hydrogens (tertiary/aromatic N) is 1. The Hall–Kier alpha value is -1.56. The van der Waals surface area contributed by atoms with Crippen LogP contribution in [0.4, 0.5) is 0 Å². The standard InChI is InChI=1S/C14H18BrNO4/c1-4-16(9-13(17)20-5-2)14(18)11-8-10(19-3)6-7-12(11)15/h6-8H,4-5,9H2,1-3H3. The first-order chi connectivity index (χ1) is 9.53. The zero-order valence-electron chi connectivity index (χ0n) is 11.8. The van der Waals surface area contributed by atoms with E-state index >= 15 is 0 Å². The number of hydrogen-bond acceptors (Lipinski definition) is 4. The quantitative estimate of drug-likeness (QED) is 0.744. The largest absolute Gasteiger partial charge is 0.497 e. The Labute approximate surface area is 127 Å². The van der Waals surface area contributed by atoms with Gasteiger partial charge in [0.1, 0.15) is 12.3 Å². The fraction of sp³-hybridized carbons (Fsp3) is 0.429. The van der Waals surface area contributed by atoms with Crippen molar-refractivity contribution in [3.8, 4) is 5.75 Å². The number of esters is 1. The van der Waals surface area contributed by atoms with Gasteiger partial charge in [0.15, 0.2) is 0 Å². The molecule has 1 amide bonds. The predicted molar refractivity (Wildman–Crippen MR) is 78.9 cm³/mol. The van der Waals surface area contributed by atoms with Crippen molar-refractivity contribution in [2.75, 3.05) is 26.8 Å². The van der Waals surface area contributed by atoms with Crippen molar-refractivity contribution in [1.82, 2.24) is 4.90 Å². The van der Waals surface area contributed by atoms with Crippen molar-refractivity contribution >= 4 is 27.8 Å². The molecule has 5 nitrogen and oxygen atoms in total. The smallest absolute Gasteiger partial charge is 0.325 e. The summed E-state index contributed by atoms with van der Waals surface area (Å²) in [4.78, 5) is 25.4. The SMILES string of the molecule is CCOC(=O)CN(CC)C(=O)c1cc(OC)ccc1Br. The molecule has 1 aromatic rings. The van der Waals surface area contributed by atoms with Crippen molar-refractivity contribution in [3.05, 3.63) is 28.2 Å². The van der Waals surface area contributed by atoms with E-state index in [0.29, 0.717) is 28.9 Å². The highest BCUT2D eigenvalue weighted by Crippen LogP contribution is 2.23. The minimum absolute atomic E-state index is 0.0627. The van der Waals surface area contributed by atoms with Crippen LogP contribution in [-0.4, -0.2) is 43.6 Å². The normalized spacial score (nSPS) is 10.0. The van der Waals surface area contributed by atoms with Gasteiger partial charge in [-0.1, -0.05) is 0 Å². The van der Waals surface area contributed by atoms with E-state index in [9.17, 15) is 9.59 Å². The Morgan fingerprint density at radius 3 is 2.55 bits per heavy atom. The third-order valence-electron chi connectivity index (χ3n) is 2.70. The molecule has 0 saturated heterocycles. The van der Waals surface area contributed by atoms with Crippen LogP contribution in [0.15, 0.2) is 22.7 Å². The molecule has 0 radical (unpaired) electrons. The molecule has 0 aromatic heterocycles. The fourth-order valence-corrected chi connectivity index (χ4v) is 2.07. The summed E-state index contributed by atoms with van der Waals surface area (Å²) in [7, 11) is 1.54. The number of hydrogen-bond donors (Lipinski definition) is 0. The van der Waals surface area contributed by atoms with Crippen LogP contribution in [-0.2, 0) is 9.53 Å². The van der Waals surface area contributed by atoms with Gasteiger partial charge in [-0.25, -0.2) is 0 Å². The molecule has 20 heavy (non-hydrogen) atoms. The van der Waals surface area contributed by atoms with Gasteiger partial charge in [0.05, 0.1) is 19.3 Å². The minimum atomic E-state index is -0.415. The van der Waals surface area contributed by atoms with Gasteiger partial charge < -0.3 is 14.4 Å². The predicted octanol–water partition coefficient (Wildman–Crippen LogP) is 2.48. The Morgan fingerprint density at radius 2 is 2.00 bits per heavy atom. The lowest BCUT2D eigenvalue weighted by Gasteiger charge is -2.20. The van der Waals surface area contributed by atoms with Gasteiger partial charge in [0, 0.05) is 11.0 Å². The van der Waals surface area contributed by atoms with E-state index in [1.54, 1.807) is 25.1 Å². The summed E-state index contributed by atoms with van der Waals surface area (Å²) in [6.45, 7) is 4.20. The summed E-state index contributed by atoms with van der Waals surface area (Å²) < 4.78 is 10.6. The Balaban J connectivity index is 2.93. The molecule has 0 aliphatic rings. The van der Waals surface area contributed by atoms with Crippen molar-refractivity contribution in [2.24, 2.45) is 0 Å². The average Bonchev–Trinajstić information content (AvgIpc) is 2.45. The van der Waals surface area contributed by atoms with Gasteiger partial charge >= 0.3 is 5.97 Å². The molecule has 0 atom stereocenters. The molecule has 0 unspecified atom stereocenters. The Bertz CT molecular complexity index is 490. The zero-order valence-corrected chi connectivity index (χ0v) is 13.4. The molecule has 0 spiro atoms. The third-order valence-corrected chi connectivity index (χ3v) is 3.39. The van der Waals surface area contributed by atoms with Gasteiger partial charge in [0.25, 0.3) is 5.91 Å². The number of rotatable bonds is 6. The van der Waals surface area contributed by atoms with Crippen LogP contribution in [0.3, 0.4) is 0 Å². The van der Waals surface area contributed by atoms with E-state index in [4.69, 9.17) is 9.47 Å². The number of carbonyl (C=O) groups is 2. The first-order valence-electron chi connectivity index (χ1n) is 6.31. The van der Waals surface area contributed by atoms with E-state index < -0.39 is 5.97 Å². The van der Waals surface area contributed by atoms with Crippen molar-refractivity contribution in [1.29, 1.82) is 0 Å². The van der Waals surface area contributed by atoms with E-state index in [0.717, 1.165) is 0 Å². The topological polar surface area (TPSA) is 55.8 Å². The fourth-order valence-electron chi connectivity index (χ4n) is 1.66. The maximum Gasteiger partial charge on any atom is 0.325 e. The molecule has 0 fully saturated rings. The maximum absolute atomic E-state index is 12.4. The van der Waals surface area contributed by atoms with Crippen LogP contribution < -0.4 is 4.74 Å². The Morgan fingerprint density at radius 1 is 1.30 bits per heavy atom. The number of carbonyl (C=O) groups excluding carboxylic acids is 2. The van der Waals surface area contributed by atoms with Crippen LogP contribution in [0.5, 0.6) is 5.75 Å². The Kier molecular flexibility index (Phi) is 6.51. The molecule has 110 valence electrons. The number of ether oxygens (including phenoxy) is 2. The van der Waals surface area contributed by atoms with Crippen molar-refractivity contribution in [3.63, 3.8) is 0 Å². The molecule has 0 bridgehead atoms. The maximum atomic E-state index is 12.4. The first kappa shape index (κ1) is 16.5. The van der Waals surface area contributed by atoms with Crippen LogP contribution in [0.1, 0.15) is 24.2 Å².